The van der Waals surface area contributed by atoms with Gasteiger partial charge in [0.1, 0.15) is 17.6 Å². The fourth-order valence-corrected chi connectivity index (χ4v) is 4.12. The Morgan fingerprint density at radius 1 is 1.23 bits per heavy atom. The van der Waals surface area contributed by atoms with Gasteiger partial charge in [0.25, 0.3) is 5.91 Å². The first-order valence-corrected chi connectivity index (χ1v) is 9.93. The van der Waals surface area contributed by atoms with Crippen LogP contribution in [0.25, 0.3) is 16.7 Å². The standard InChI is InChI=1S/C23H20N6O/c1-15-12-21(29-20-8-3-2-6-18(20)27-22(29)17(15)13-24)26-16-9-11-28(14-16)23(30)19-7-4-5-10-25-19/h2-8,10,12,16,26H,9,11,14H2,1H3. The van der Waals surface area contributed by atoms with Crippen LogP contribution in [0.15, 0.2) is 54.7 Å². The molecule has 30 heavy (non-hydrogen) atoms. The Morgan fingerprint density at radius 3 is 2.87 bits per heavy atom. The number of hydrogen-bond donors (Lipinski definition) is 1. The number of hydrogen-bond acceptors (Lipinski definition) is 5. The zero-order valence-corrected chi connectivity index (χ0v) is 16.5. The average molecular weight is 396 g/mol. The SMILES string of the molecule is Cc1cc(NC2CCN(C(=O)c3ccccn3)C2)n2c(nc3ccccc32)c1C#N. The molecule has 1 aromatic carbocycles. The van der Waals surface area contributed by atoms with Gasteiger partial charge in [-0.2, -0.15) is 5.26 Å². The zero-order valence-electron chi connectivity index (χ0n) is 16.5. The third-order valence-electron chi connectivity index (χ3n) is 5.60. The van der Waals surface area contributed by atoms with Gasteiger partial charge in [-0.15, -0.1) is 0 Å². The molecule has 0 saturated carbocycles. The quantitative estimate of drug-likeness (QED) is 0.574. The maximum absolute atomic E-state index is 12.7. The van der Waals surface area contributed by atoms with E-state index in [4.69, 9.17) is 4.98 Å². The van der Waals surface area contributed by atoms with E-state index in [1.807, 2.05) is 52.6 Å². The number of likely N-dealkylation sites (tertiary alicyclic amines) is 1. The molecule has 5 rings (SSSR count). The lowest BCUT2D eigenvalue weighted by Gasteiger charge is -2.19. The highest BCUT2D eigenvalue weighted by molar-refractivity contribution is 5.92. The molecule has 7 heteroatoms. The molecule has 148 valence electrons. The highest BCUT2D eigenvalue weighted by Gasteiger charge is 2.28. The molecule has 0 aliphatic carbocycles. The van der Waals surface area contributed by atoms with Gasteiger partial charge in [-0.05, 0) is 49.2 Å². The van der Waals surface area contributed by atoms with Crippen LogP contribution < -0.4 is 5.32 Å². The van der Waals surface area contributed by atoms with Gasteiger partial charge in [-0.1, -0.05) is 18.2 Å². The van der Waals surface area contributed by atoms with Gasteiger partial charge in [0.15, 0.2) is 5.65 Å². The number of amides is 1. The second-order valence-electron chi connectivity index (χ2n) is 7.56. The van der Waals surface area contributed by atoms with Crippen molar-refractivity contribution in [2.75, 3.05) is 18.4 Å². The predicted octanol–water partition coefficient (Wildman–Crippen LogP) is 3.39. The van der Waals surface area contributed by atoms with Crippen LogP contribution in [0, 0.1) is 18.3 Å². The molecule has 1 fully saturated rings. The largest absolute Gasteiger partial charge is 0.367 e. The second kappa shape index (κ2) is 7.16. The number of benzene rings is 1. The van der Waals surface area contributed by atoms with Crippen molar-refractivity contribution >= 4 is 28.4 Å². The number of imidazole rings is 1. The van der Waals surface area contributed by atoms with E-state index in [0.29, 0.717) is 30.0 Å². The molecular formula is C23H20N6O. The number of carbonyl (C=O) groups is 1. The molecule has 1 saturated heterocycles. The number of aryl methyl sites for hydroxylation is 1. The summed E-state index contributed by atoms with van der Waals surface area (Å²) < 4.78 is 2.00. The number of nitriles is 1. The molecule has 1 aliphatic rings. The van der Waals surface area contributed by atoms with Crippen LogP contribution in [-0.2, 0) is 0 Å². The summed E-state index contributed by atoms with van der Waals surface area (Å²) in [5, 5.41) is 13.2. The van der Waals surface area contributed by atoms with Gasteiger partial charge >= 0.3 is 0 Å². The van der Waals surface area contributed by atoms with Gasteiger partial charge < -0.3 is 10.2 Å². The normalized spacial score (nSPS) is 16.1. The number of nitrogens with one attached hydrogen (secondary N) is 1. The topological polar surface area (TPSA) is 86.3 Å². The summed E-state index contributed by atoms with van der Waals surface area (Å²) in [5.74, 6) is 0.835. The van der Waals surface area contributed by atoms with Crippen molar-refractivity contribution in [2.24, 2.45) is 0 Å². The molecule has 1 unspecified atom stereocenters. The van der Waals surface area contributed by atoms with Crippen molar-refractivity contribution in [3.8, 4) is 6.07 Å². The van der Waals surface area contributed by atoms with Crippen molar-refractivity contribution in [3.05, 3.63) is 71.5 Å². The minimum atomic E-state index is -0.0471. The summed E-state index contributed by atoms with van der Waals surface area (Å²) in [6.45, 7) is 3.20. The third kappa shape index (κ3) is 2.94. The number of anilines is 1. The van der Waals surface area contributed by atoms with E-state index >= 15 is 0 Å². The number of fused-ring (bicyclic) bond motifs is 3. The van der Waals surface area contributed by atoms with Crippen LogP contribution in [0.3, 0.4) is 0 Å². The van der Waals surface area contributed by atoms with E-state index in [9.17, 15) is 10.1 Å². The van der Waals surface area contributed by atoms with Crippen molar-refractivity contribution in [2.45, 2.75) is 19.4 Å². The molecule has 1 aliphatic heterocycles. The van der Waals surface area contributed by atoms with E-state index in [2.05, 4.69) is 16.4 Å². The summed E-state index contributed by atoms with van der Waals surface area (Å²) in [4.78, 5) is 23.4. The lowest BCUT2D eigenvalue weighted by Crippen LogP contribution is -2.32. The van der Waals surface area contributed by atoms with Crippen molar-refractivity contribution < 1.29 is 4.79 Å². The van der Waals surface area contributed by atoms with Crippen molar-refractivity contribution in [1.82, 2.24) is 19.3 Å². The Balaban J connectivity index is 1.48. The molecule has 4 aromatic rings. The molecule has 0 bridgehead atoms. The van der Waals surface area contributed by atoms with Crippen molar-refractivity contribution in [3.63, 3.8) is 0 Å². The van der Waals surface area contributed by atoms with Gasteiger partial charge in [0.05, 0.1) is 16.6 Å². The summed E-state index contributed by atoms with van der Waals surface area (Å²) in [6, 6.07) is 17.6. The molecule has 4 heterocycles. The van der Waals surface area contributed by atoms with E-state index in [1.54, 1.807) is 18.3 Å². The Bertz CT molecular complexity index is 1300. The molecule has 1 amide bonds. The average Bonchev–Trinajstić information content (AvgIpc) is 3.39. The predicted molar refractivity (Wildman–Crippen MR) is 114 cm³/mol. The monoisotopic (exact) mass is 396 g/mol. The smallest absolute Gasteiger partial charge is 0.272 e. The van der Waals surface area contributed by atoms with Crippen LogP contribution in [0.1, 0.15) is 28.0 Å². The fourth-order valence-electron chi connectivity index (χ4n) is 4.12. The van der Waals surface area contributed by atoms with E-state index in [1.165, 1.54) is 0 Å². The number of para-hydroxylation sites is 2. The highest BCUT2D eigenvalue weighted by atomic mass is 16.2. The van der Waals surface area contributed by atoms with E-state index in [-0.39, 0.29) is 11.9 Å². The summed E-state index contributed by atoms with van der Waals surface area (Å²) in [7, 11) is 0. The van der Waals surface area contributed by atoms with E-state index < -0.39 is 0 Å². The lowest BCUT2D eigenvalue weighted by atomic mass is 10.1. The third-order valence-corrected chi connectivity index (χ3v) is 5.60. The van der Waals surface area contributed by atoms with Gasteiger partial charge in [0.2, 0.25) is 0 Å². The number of pyridine rings is 2. The minimum Gasteiger partial charge on any atom is -0.367 e. The minimum absolute atomic E-state index is 0.0471. The second-order valence-corrected chi connectivity index (χ2v) is 7.56. The molecule has 0 radical (unpaired) electrons. The molecule has 7 nitrogen and oxygen atoms in total. The first-order valence-electron chi connectivity index (χ1n) is 9.93. The number of nitrogens with zero attached hydrogens (tertiary/aromatic N) is 5. The Morgan fingerprint density at radius 2 is 2.07 bits per heavy atom. The molecular weight excluding hydrogens is 376 g/mol. The zero-order chi connectivity index (χ0) is 20.7. The van der Waals surface area contributed by atoms with Crippen LogP contribution in [0.4, 0.5) is 5.82 Å². The molecule has 3 aromatic heterocycles. The van der Waals surface area contributed by atoms with Crippen LogP contribution in [0.5, 0.6) is 0 Å². The summed E-state index contributed by atoms with van der Waals surface area (Å²) in [5.41, 5.74) is 4.38. The molecule has 1 N–H and O–H groups in total. The van der Waals surface area contributed by atoms with Gasteiger partial charge in [-0.3, -0.25) is 14.2 Å². The van der Waals surface area contributed by atoms with E-state index in [0.717, 1.165) is 28.8 Å². The van der Waals surface area contributed by atoms with Crippen LogP contribution in [-0.4, -0.2) is 44.3 Å². The first kappa shape index (κ1) is 18.1. The van der Waals surface area contributed by atoms with Crippen LogP contribution in [0.2, 0.25) is 0 Å². The van der Waals surface area contributed by atoms with Gasteiger partial charge in [0, 0.05) is 25.3 Å². The highest BCUT2D eigenvalue weighted by Crippen LogP contribution is 2.28. The summed E-state index contributed by atoms with van der Waals surface area (Å²) in [6.07, 6.45) is 2.48. The Hall–Kier alpha value is -3.92. The van der Waals surface area contributed by atoms with Crippen molar-refractivity contribution in [1.29, 1.82) is 5.26 Å². The first-order chi connectivity index (χ1) is 14.7. The maximum Gasteiger partial charge on any atom is 0.272 e. The Kier molecular flexibility index (Phi) is 4.32. The fraction of sp³-hybridized carbons (Fsp3) is 0.217. The number of rotatable bonds is 3. The van der Waals surface area contributed by atoms with Gasteiger partial charge in [-0.25, -0.2) is 4.98 Å². The summed E-state index contributed by atoms with van der Waals surface area (Å²) >= 11 is 0. The Labute approximate surface area is 173 Å². The molecule has 1 atom stereocenters. The van der Waals surface area contributed by atoms with Crippen LogP contribution >= 0.6 is 0 Å². The molecule has 0 spiro atoms. The lowest BCUT2D eigenvalue weighted by molar-refractivity contribution is 0.0786. The maximum atomic E-state index is 12.7. The number of carbonyl (C=O) groups excluding carboxylic acids is 1. The number of aromatic nitrogens is 3.